The van der Waals surface area contributed by atoms with Gasteiger partial charge in [0.25, 0.3) is 0 Å². The molecule has 2 aliphatic rings. The summed E-state index contributed by atoms with van der Waals surface area (Å²) in [5.41, 5.74) is 0.420. The molecule has 1 N–H and O–H groups in total. The molecule has 2 fully saturated rings. The summed E-state index contributed by atoms with van der Waals surface area (Å²) in [6.07, 6.45) is 2.10. The Labute approximate surface area is 128 Å². The van der Waals surface area contributed by atoms with Gasteiger partial charge < -0.3 is 10.0 Å². The number of amides is 1. The van der Waals surface area contributed by atoms with Crippen molar-refractivity contribution in [3.63, 3.8) is 0 Å². The molecule has 0 radical (unpaired) electrons. The van der Waals surface area contributed by atoms with Crippen LogP contribution in [-0.4, -0.2) is 34.5 Å². The van der Waals surface area contributed by atoms with Gasteiger partial charge in [-0.3, -0.25) is 4.79 Å². The van der Waals surface area contributed by atoms with E-state index >= 15 is 0 Å². The monoisotopic (exact) mass is 307 g/mol. The van der Waals surface area contributed by atoms with E-state index in [1.807, 2.05) is 19.1 Å². The normalized spacial score (nSPS) is 26.7. The molecule has 1 saturated heterocycles. The van der Waals surface area contributed by atoms with Gasteiger partial charge in [0.15, 0.2) is 0 Å². The number of carbonyl (C=O) groups excluding carboxylic acids is 1. The Hall–Kier alpha value is -1.55. The number of carbonyl (C=O) groups is 2. The van der Waals surface area contributed by atoms with Crippen molar-refractivity contribution in [2.45, 2.75) is 37.6 Å². The number of aliphatic carboxylic acids is 1. The van der Waals surface area contributed by atoms with E-state index in [-0.39, 0.29) is 11.8 Å². The van der Waals surface area contributed by atoms with Gasteiger partial charge >= 0.3 is 5.97 Å². The minimum atomic E-state index is -0.903. The van der Waals surface area contributed by atoms with Crippen LogP contribution in [0.4, 0.5) is 0 Å². The molecule has 0 spiro atoms. The van der Waals surface area contributed by atoms with Crippen LogP contribution in [0.15, 0.2) is 24.3 Å². The average Bonchev–Trinajstić information content (AvgIpc) is 3.15. The SMILES string of the molecule is C[C@@H]1C[C@H](C(=O)O)N(C(=O)C2(c3ccc(Cl)cc3)CC2)C1. The molecule has 4 nitrogen and oxygen atoms in total. The van der Waals surface area contributed by atoms with Crippen molar-refractivity contribution in [2.75, 3.05) is 6.54 Å². The zero-order valence-corrected chi connectivity index (χ0v) is 12.6. The van der Waals surface area contributed by atoms with E-state index in [1.165, 1.54) is 0 Å². The van der Waals surface area contributed by atoms with Crippen molar-refractivity contribution in [2.24, 2.45) is 5.92 Å². The summed E-state index contributed by atoms with van der Waals surface area (Å²) in [5, 5.41) is 9.97. The number of likely N-dealkylation sites (tertiary alicyclic amines) is 1. The van der Waals surface area contributed by atoms with Crippen LogP contribution in [0.5, 0.6) is 0 Å². The Kier molecular flexibility index (Phi) is 3.44. The molecule has 1 aliphatic carbocycles. The van der Waals surface area contributed by atoms with Gasteiger partial charge in [-0.15, -0.1) is 0 Å². The van der Waals surface area contributed by atoms with Crippen molar-refractivity contribution in [3.05, 3.63) is 34.9 Å². The molecule has 1 aromatic rings. The molecule has 2 atom stereocenters. The van der Waals surface area contributed by atoms with E-state index in [0.717, 1.165) is 18.4 Å². The van der Waals surface area contributed by atoms with Gasteiger partial charge in [-0.2, -0.15) is 0 Å². The third-order valence-corrected chi connectivity index (χ3v) is 4.86. The first-order valence-corrected chi connectivity index (χ1v) is 7.62. The number of carboxylic acids is 1. The van der Waals surface area contributed by atoms with Crippen LogP contribution in [0.2, 0.25) is 5.02 Å². The summed E-state index contributed by atoms with van der Waals surface area (Å²) in [6.45, 7) is 2.52. The number of benzene rings is 1. The number of carboxylic acid groups (broad SMARTS) is 1. The molecule has 1 heterocycles. The van der Waals surface area contributed by atoms with E-state index in [9.17, 15) is 14.7 Å². The van der Waals surface area contributed by atoms with Crippen molar-refractivity contribution < 1.29 is 14.7 Å². The number of rotatable bonds is 3. The third kappa shape index (κ3) is 2.42. The van der Waals surface area contributed by atoms with Gasteiger partial charge in [0.2, 0.25) is 5.91 Å². The first kappa shape index (κ1) is 14.4. The van der Waals surface area contributed by atoms with Crippen LogP contribution in [-0.2, 0) is 15.0 Å². The molecule has 0 bridgehead atoms. The highest BCUT2D eigenvalue weighted by atomic mass is 35.5. The highest BCUT2D eigenvalue weighted by Crippen LogP contribution is 2.50. The fourth-order valence-corrected chi connectivity index (χ4v) is 3.43. The van der Waals surface area contributed by atoms with Crippen molar-refractivity contribution in [1.82, 2.24) is 4.90 Å². The second-order valence-electron chi connectivity index (χ2n) is 6.24. The first-order chi connectivity index (χ1) is 9.94. The lowest BCUT2D eigenvalue weighted by molar-refractivity contribution is -0.149. The Morgan fingerprint density at radius 2 is 1.90 bits per heavy atom. The van der Waals surface area contributed by atoms with E-state index < -0.39 is 17.4 Å². The number of halogens is 1. The Morgan fingerprint density at radius 3 is 2.43 bits per heavy atom. The minimum Gasteiger partial charge on any atom is -0.480 e. The fraction of sp³-hybridized carbons (Fsp3) is 0.500. The Morgan fingerprint density at radius 1 is 1.29 bits per heavy atom. The number of nitrogens with zero attached hydrogens (tertiary/aromatic N) is 1. The zero-order chi connectivity index (χ0) is 15.2. The molecule has 1 saturated carbocycles. The molecule has 0 unspecified atom stereocenters. The average molecular weight is 308 g/mol. The molecule has 3 rings (SSSR count). The Bertz CT molecular complexity index is 580. The lowest BCUT2D eigenvalue weighted by atomic mass is 9.94. The number of hydrogen-bond acceptors (Lipinski definition) is 2. The second kappa shape index (κ2) is 5.02. The minimum absolute atomic E-state index is 0.0402. The van der Waals surface area contributed by atoms with Crippen molar-refractivity contribution in [3.8, 4) is 0 Å². The molecule has 112 valence electrons. The molecule has 5 heteroatoms. The summed E-state index contributed by atoms with van der Waals surface area (Å²) in [7, 11) is 0. The van der Waals surface area contributed by atoms with Gasteiger partial charge in [-0.25, -0.2) is 4.79 Å². The highest BCUT2D eigenvalue weighted by molar-refractivity contribution is 6.30. The van der Waals surface area contributed by atoms with Gasteiger partial charge in [0.05, 0.1) is 5.41 Å². The summed E-state index contributed by atoms with van der Waals surface area (Å²) >= 11 is 5.90. The van der Waals surface area contributed by atoms with Crippen molar-refractivity contribution in [1.29, 1.82) is 0 Å². The maximum Gasteiger partial charge on any atom is 0.326 e. The fourth-order valence-electron chi connectivity index (χ4n) is 3.30. The predicted octanol–water partition coefficient (Wildman–Crippen LogP) is 2.69. The van der Waals surface area contributed by atoms with Crippen LogP contribution in [0.25, 0.3) is 0 Å². The molecule has 1 aliphatic heterocycles. The van der Waals surface area contributed by atoms with Crippen molar-refractivity contribution >= 4 is 23.5 Å². The van der Waals surface area contributed by atoms with Crippen LogP contribution < -0.4 is 0 Å². The zero-order valence-electron chi connectivity index (χ0n) is 11.9. The first-order valence-electron chi connectivity index (χ1n) is 7.24. The van der Waals surface area contributed by atoms with Crippen LogP contribution in [0.1, 0.15) is 31.7 Å². The summed E-state index contributed by atoms with van der Waals surface area (Å²) in [6, 6.07) is 6.64. The van der Waals surface area contributed by atoms with Gasteiger partial charge in [-0.1, -0.05) is 30.7 Å². The third-order valence-electron chi connectivity index (χ3n) is 4.61. The predicted molar refractivity (Wildman–Crippen MR) is 79.3 cm³/mol. The van der Waals surface area contributed by atoms with Gasteiger partial charge in [-0.05, 0) is 42.9 Å². The lowest BCUT2D eigenvalue weighted by Crippen LogP contribution is -2.45. The van der Waals surface area contributed by atoms with Crippen LogP contribution in [0.3, 0.4) is 0 Å². The maximum absolute atomic E-state index is 12.9. The summed E-state index contributed by atoms with van der Waals surface area (Å²) < 4.78 is 0. The summed E-state index contributed by atoms with van der Waals surface area (Å²) in [5.74, 6) is -0.711. The molecule has 0 aromatic heterocycles. The molecule has 1 aromatic carbocycles. The maximum atomic E-state index is 12.9. The molecular formula is C16H18ClNO3. The Balaban J connectivity index is 1.87. The van der Waals surface area contributed by atoms with Gasteiger partial charge in [0.1, 0.15) is 6.04 Å². The quantitative estimate of drug-likeness (QED) is 0.934. The van der Waals surface area contributed by atoms with Gasteiger partial charge in [0, 0.05) is 11.6 Å². The van der Waals surface area contributed by atoms with E-state index in [0.29, 0.717) is 18.0 Å². The largest absolute Gasteiger partial charge is 0.480 e. The van der Waals surface area contributed by atoms with Crippen LogP contribution >= 0.6 is 11.6 Å². The van der Waals surface area contributed by atoms with Crippen LogP contribution in [0, 0.1) is 5.92 Å². The smallest absolute Gasteiger partial charge is 0.326 e. The second-order valence-corrected chi connectivity index (χ2v) is 6.68. The standard InChI is InChI=1S/C16H18ClNO3/c1-10-8-13(14(19)20)18(9-10)15(21)16(6-7-16)11-2-4-12(17)5-3-11/h2-5,10,13H,6-9H2,1H3,(H,19,20)/t10-,13-/m1/s1. The highest BCUT2D eigenvalue weighted by Gasteiger charge is 2.55. The van der Waals surface area contributed by atoms with E-state index in [4.69, 9.17) is 11.6 Å². The van der Waals surface area contributed by atoms with E-state index in [2.05, 4.69) is 0 Å². The molecule has 21 heavy (non-hydrogen) atoms. The molecule has 1 amide bonds. The van der Waals surface area contributed by atoms with E-state index in [1.54, 1.807) is 17.0 Å². The topological polar surface area (TPSA) is 57.6 Å². The summed E-state index contributed by atoms with van der Waals surface area (Å²) in [4.78, 5) is 25.8. The molecular weight excluding hydrogens is 290 g/mol. The lowest BCUT2D eigenvalue weighted by Gasteiger charge is -2.27. The number of hydrogen-bond donors (Lipinski definition) is 1.